The molecule has 0 aliphatic carbocycles. The number of hydrogen-bond acceptors (Lipinski definition) is 8. The van der Waals surface area contributed by atoms with E-state index in [1.165, 1.54) is 12.1 Å². The van der Waals surface area contributed by atoms with Crippen LogP contribution in [0.3, 0.4) is 0 Å². The molecule has 0 bridgehead atoms. The number of rotatable bonds is 11. The normalized spacial score (nSPS) is 11.6. The molecular formula is C26H28N2O5S2. The monoisotopic (exact) mass is 512 g/mol. The molecule has 0 fully saturated rings. The van der Waals surface area contributed by atoms with Gasteiger partial charge in [-0.1, -0.05) is 17.7 Å². The summed E-state index contributed by atoms with van der Waals surface area (Å²) in [6.07, 6.45) is 0. The molecule has 3 aromatic carbocycles. The van der Waals surface area contributed by atoms with Crippen molar-refractivity contribution in [1.82, 2.24) is 4.98 Å². The molecule has 0 spiro atoms. The average molecular weight is 513 g/mol. The first-order valence-electron chi connectivity index (χ1n) is 11.2. The Kier molecular flexibility index (Phi) is 8.02. The van der Waals surface area contributed by atoms with Crippen LogP contribution in [0.4, 0.5) is 5.69 Å². The summed E-state index contributed by atoms with van der Waals surface area (Å²) >= 11 is 1.62. The Morgan fingerprint density at radius 2 is 1.60 bits per heavy atom. The summed E-state index contributed by atoms with van der Waals surface area (Å²) in [7, 11) is 0.260. The first-order valence-corrected chi connectivity index (χ1v) is 13.4. The molecule has 184 valence electrons. The zero-order chi connectivity index (χ0) is 24.8. The van der Waals surface area contributed by atoms with Gasteiger partial charge in [-0.2, -0.15) is 8.42 Å². The van der Waals surface area contributed by atoms with Gasteiger partial charge in [0.2, 0.25) is 0 Å². The van der Waals surface area contributed by atoms with Gasteiger partial charge in [-0.05, 0) is 61.5 Å². The topological polar surface area (TPSA) is 78.0 Å². The predicted molar refractivity (Wildman–Crippen MR) is 140 cm³/mol. The van der Waals surface area contributed by atoms with Crippen molar-refractivity contribution >= 4 is 37.4 Å². The smallest absolute Gasteiger partial charge is 0.297 e. The third kappa shape index (κ3) is 6.58. The fraction of sp³-hybridized carbons (Fsp3) is 0.269. The van der Waals surface area contributed by atoms with Gasteiger partial charge in [0.05, 0.1) is 34.9 Å². The van der Waals surface area contributed by atoms with Crippen molar-refractivity contribution in [1.29, 1.82) is 0 Å². The lowest BCUT2D eigenvalue weighted by atomic mass is 10.2. The Labute approximate surface area is 210 Å². The van der Waals surface area contributed by atoms with Crippen molar-refractivity contribution in [3.63, 3.8) is 0 Å². The summed E-state index contributed by atoms with van der Waals surface area (Å²) < 4.78 is 41.6. The van der Waals surface area contributed by atoms with E-state index in [4.69, 9.17) is 18.6 Å². The minimum atomic E-state index is -3.78. The van der Waals surface area contributed by atoms with Crippen LogP contribution in [0.5, 0.6) is 5.75 Å². The van der Waals surface area contributed by atoms with Crippen LogP contribution >= 0.6 is 11.3 Å². The van der Waals surface area contributed by atoms with Crippen molar-refractivity contribution in [2.75, 3.05) is 45.4 Å². The van der Waals surface area contributed by atoms with E-state index in [-0.39, 0.29) is 18.1 Å². The highest BCUT2D eigenvalue weighted by atomic mass is 32.2. The van der Waals surface area contributed by atoms with E-state index in [9.17, 15) is 8.42 Å². The number of nitrogens with zero attached hydrogens (tertiary/aromatic N) is 2. The van der Waals surface area contributed by atoms with E-state index in [0.29, 0.717) is 13.2 Å². The minimum Gasteiger partial charge on any atom is -0.491 e. The maximum Gasteiger partial charge on any atom is 0.297 e. The van der Waals surface area contributed by atoms with Crippen molar-refractivity contribution in [2.45, 2.75) is 11.8 Å². The van der Waals surface area contributed by atoms with Crippen molar-refractivity contribution in [3.05, 3.63) is 72.3 Å². The fourth-order valence-electron chi connectivity index (χ4n) is 3.32. The molecule has 35 heavy (non-hydrogen) atoms. The molecule has 4 rings (SSSR count). The van der Waals surface area contributed by atoms with Crippen molar-refractivity contribution < 1.29 is 22.1 Å². The molecule has 9 heteroatoms. The van der Waals surface area contributed by atoms with Gasteiger partial charge in [-0.15, -0.1) is 11.3 Å². The van der Waals surface area contributed by atoms with Crippen LogP contribution in [0, 0.1) is 6.92 Å². The third-order valence-electron chi connectivity index (χ3n) is 5.26. The van der Waals surface area contributed by atoms with Gasteiger partial charge >= 0.3 is 0 Å². The number of benzene rings is 3. The molecule has 0 radical (unpaired) electrons. The Morgan fingerprint density at radius 3 is 2.31 bits per heavy atom. The van der Waals surface area contributed by atoms with Gasteiger partial charge < -0.3 is 14.4 Å². The van der Waals surface area contributed by atoms with E-state index in [2.05, 4.69) is 29.2 Å². The predicted octanol–water partition coefficient (Wildman–Crippen LogP) is 5.14. The minimum absolute atomic E-state index is 0.0542. The number of thiazole rings is 1. The molecule has 0 amide bonds. The summed E-state index contributed by atoms with van der Waals surface area (Å²) in [5.74, 6) is 0.734. The highest BCUT2D eigenvalue weighted by Crippen LogP contribution is 2.33. The first-order chi connectivity index (χ1) is 16.8. The van der Waals surface area contributed by atoms with Crippen LogP contribution < -0.4 is 9.64 Å². The third-order valence-corrected chi connectivity index (χ3v) is 7.66. The van der Waals surface area contributed by atoms with E-state index in [1.54, 1.807) is 23.5 Å². The summed E-state index contributed by atoms with van der Waals surface area (Å²) in [6.45, 7) is 2.65. The standard InChI is InChI=1S/C26H28N2O5S2/c1-19-4-11-23(12-5-19)35(29,30)33-17-15-31-14-16-32-22-10-13-24-25(18-22)34-26(27-24)20-6-8-21(9-7-20)28(2)3/h4-13,18H,14-17H2,1-3H3. The zero-order valence-electron chi connectivity index (χ0n) is 19.9. The lowest BCUT2D eigenvalue weighted by Gasteiger charge is -2.11. The number of anilines is 1. The van der Waals surface area contributed by atoms with Crippen LogP contribution in [-0.2, 0) is 19.0 Å². The highest BCUT2D eigenvalue weighted by molar-refractivity contribution is 7.86. The van der Waals surface area contributed by atoms with Gasteiger partial charge in [-0.3, -0.25) is 4.18 Å². The van der Waals surface area contributed by atoms with Crippen molar-refractivity contribution in [3.8, 4) is 16.3 Å². The molecule has 0 N–H and O–H groups in total. The number of aromatic nitrogens is 1. The van der Waals surface area contributed by atoms with Crippen molar-refractivity contribution in [2.24, 2.45) is 0 Å². The first kappa shape index (κ1) is 25.1. The second-order valence-electron chi connectivity index (χ2n) is 8.14. The SMILES string of the molecule is Cc1ccc(S(=O)(=O)OCCOCCOc2ccc3nc(-c4ccc(N(C)C)cc4)sc3c2)cc1. The van der Waals surface area contributed by atoms with Gasteiger partial charge in [0.1, 0.15) is 17.4 Å². The van der Waals surface area contributed by atoms with Crippen LogP contribution in [0.15, 0.2) is 71.6 Å². The Hall–Kier alpha value is -2.98. The molecule has 7 nitrogen and oxygen atoms in total. The molecule has 0 aliphatic rings. The molecule has 1 aromatic heterocycles. The number of fused-ring (bicyclic) bond motifs is 1. The molecule has 0 atom stereocenters. The fourth-order valence-corrected chi connectivity index (χ4v) is 5.21. The highest BCUT2D eigenvalue weighted by Gasteiger charge is 2.14. The molecule has 0 unspecified atom stereocenters. The summed E-state index contributed by atoms with van der Waals surface area (Å²) in [6, 6.07) is 20.7. The quantitative estimate of drug-likeness (QED) is 0.203. The number of aryl methyl sites for hydroxylation is 1. The van der Waals surface area contributed by atoms with Gasteiger partial charge in [-0.25, -0.2) is 4.98 Å². The van der Waals surface area contributed by atoms with Crippen LogP contribution in [0.2, 0.25) is 0 Å². The summed E-state index contributed by atoms with van der Waals surface area (Å²) in [5, 5.41) is 0.964. The Bertz CT molecular complexity index is 1370. The lowest BCUT2D eigenvalue weighted by molar-refractivity contribution is 0.0779. The maximum atomic E-state index is 12.2. The van der Waals surface area contributed by atoms with Gasteiger partial charge in [0.15, 0.2) is 0 Å². The van der Waals surface area contributed by atoms with E-state index in [1.807, 2.05) is 39.2 Å². The number of ether oxygens (including phenoxy) is 2. The summed E-state index contributed by atoms with van der Waals surface area (Å²) in [5.41, 5.74) is 4.14. The van der Waals surface area contributed by atoms with E-state index >= 15 is 0 Å². The summed E-state index contributed by atoms with van der Waals surface area (Å²) in [4.78, 5) is 6.94. The van der Waals surface area contributed by atoms with Gasteiger partial charge in [0, 0.05) is 25.3 Å². The van der Waals surface area contributed by atoms with Crippen LogP contribution in [-0.4, -0.2) is 53.9 Å². The second-order valence-corrected chi connectivity index (χ2v) is 10.8. The lowest BCUT2D eigenvalue weighted by Crippen LogP contribution is -2.14. The Balaban J connectivity index is 1.22. The molecule has 0 saturated heterocycles. The molecule has 0 saturated carbocycles. The van der Waals surface area contributed by atoms with E-state index < -0.39 is 10.1 Å². The Morgan fingerprint density at radius 1 is 0.886 bits per heavy atom. The largest absolute Gasteiger partial charge is 0.491 e. The van der Waals surface area contributed by atoms with Crippen LogP contribution in [0.1, 0.15) is 5.56 Å². The molecular weight excluding hydrogens is 484 g/mol. The van der Waals surface area contributed by atoms with Crippen LogP contribution in [0.25, 0.3) is 20.8 Å². The molecule has 4 aromatic rings. The number of hydrogen-bond donors (Lipinski definition) is 0. The molecule has 0 aliphatic heterocycles. The average Bonchev–Trinajstić information content (AvgIpc) is 3.27. The second kappa shape index (κ2) is 11.2. The van der Waals surface area contributed by atoms with E-state index in [0.717, 1.165) is 37.8 Å². The van der Waals surface area contributed by atoms with Gasteiger partial charge in [0.25, 0.3) is 10.1 Å². The molecule has 1 heterocycles. The zero-order valence-corrected chi connectivity index (χ0v) is 21.6. The maximum absolute atomic E-state index is 12.2.